The minimum atomic E-state index is -0.891. The molecule has 35 heavy (non-hydrogen) atoms. The first-order chi connectivity index (χ1) is 16.6. The molecule has 4 aromatic rings. The summed E-state index contributed by atoms with van der Waals surface area (Å²) in [6.07, 6.45) is 1.18. The van der Waals surface area contributed by atoms with Gasteiger partial charge in [0.2, 0.25) is 0 Å². The van der Waals surface area contributed by atoms with E-state index in [1.807, 2.05) is 81.4 Å². The molecule has 180 valence electrons. The van der Waals surface area contributed by atoms with Crippen molar-refractivity contribution in [3.05, 3.63) is 89.9 Å². The Bertz CT molecular complexity index is 1280. The second kappa shape index (κ2) is 11.3. The molecular formula is C27H27N3O4S. The monoisotopic (exact) mass is 489 g/mol. The lowest BCUT2D eigenvalue weighted by molar-refractivity contribution is 0.0634. The van der Waals surface area contributed by atoms with E-state index in [0.29, 0.717) is 16.3 Å². The Hall–Kier alpha value is -4.17. The molecule has 0 unspecified atom stereocenters. The molecule has 2 aromatic carbocycles. The molecule has 2 heterocycles. The van der Waals surface area contributed by atoms with Crippen LogP contribution in [0.25, 0.3) is 21.7 Å². The number of nitrogen functional groups attached to an aromatic ring is 1. The Balaban J connectivity index is 0.000000211. The number of amides is 1. The van der Waals surface area contributed by atoms with Gasteiger partial charge in [-0.05, 0) is 68.3 Å². The summed E-state index contributed by atoms with van der Waals surface area (Å²) < 4.78 is 5.21. The van der Waals surface area contributed by atoms with Crippen LogP contribution in [0.2, 0.25) is 0 Å². The van der Waals surface area contributed by atoms with Crippen LogP contribution in [0.15, 0.2) is 85.1 Å². The number of nitrogens with one attached hydrogen (secondary N) is 1. The van der Waals surface area contributed by atoms with E-state index in [4.69, 9.17) is 15.6 Å². The lowest BCUT2D eigenvalue weighted by Crippen LogP contribution is -2.27. The van der Waals surface area contributed by atoms with Crippen LogP contribution in [0, 0.1) is 0 Å². The summed E-state index contributed by atoms with van der Waals surface area (Å²) in [6.45, 7) is 5.44. The fourth-order valence-electron chi connectivity index (χ4n) is 3.00. The summed E-state index contributed by atoms with van der Waals surface area (Å²) in [5.41, 5.74) is 9.40. The smallest absolute Gasteiger partial charge is 0.412 e. The SMILES string of the molecule is CC(C)(C)OC(=O)Nc1ccc(-c2ccccc2)cc1N.O=C(O)c1ccc(-c2ccccn2)s1. The molecule has 0 saturated heterocycles. The van der Waals surface area contributed by atoms with Gasteiger partial charge in [-0.1, -0.05) is 42.5 Å². The predicted molar refractivity (Wildman–Crippen MR) is 141 cm³/mol. The van der Waals surface area contributed by atoms with Crippen molar-refractivity contribution in [1.29, 1.82) is 0 Å². The standard InChI is InChI=1S/C17H20N2O2.C10H7NO2S/c1-17(2,3)21-16(20)19-15-10-9-13(11-14(15)18)12-7-5-4-6-8-12;12-10(13)9-5-4-8(14-9)7-3-1-2-6-11-7/h4-11H,18H2,1-3H3,(H,19,20);1-6H,(H,12,13). The molecule has 8 heteroatoms. The molecule has 0 fully saturated rings. The van der Waals surface area contributed by atoms with Gasteiger partial charge in [0.25, 0.3) is 0 Å². The van der Waals surface area contributed by atoms with Gasteiger partial charge in [-0.3, -0.25) is 10.3 Å². The van der Waals surface area contributed by atoms with Crippen molar-refractivity contribution in [2.45, 2.75) is 26.4 Å². The van der Waals surface area contributed by atoms with E-state index in [1.165, 1.54) is 11.3 Å². The number of carboxylic acid groups (broad SMARTS) is 1. The lowest BCUT2D eigenvalue weighted by Gasteiger charge is -2.20. The van der Waals surface area contributed by atoms with Crippen LogP contribution in [0.4, 0.5) is 16.2 Å². The molecule has 7 nitrogen and oxygen atoms in total. The maximum absolute atomic E-state index is 11.7. The van der Waals surface area contributed by atoms with Crippen molar-refractivity contribution in [2.75, 3.05) is 11.1 Å². The topological polar surface area (TPSA) is 115 Å². The number of thiophene rings is 1. The molecule has 0 aliphatic heterocycles. The molecule has 1 amide bonds. The van der Waals surface area contributed by atoms with Crippen LogP contribution < -0.4 is 11.1 Å². The molecule has 0 radical (unpaired) electrons. The minimum absolute atomic E-state index is 0.339. The Kier molecular flexibility index (Phi) is 8.22. The fourth-order valence-corrected chi connectivity index (χ4v) is 3.82. The number of hydrogen-bond acceptors (Lipinski definition) is 6. The van der Waals surface area contributed by atoms with Crippen molar-refractivity contribution >= 4 is 34.8 Å². The van der Waals surface area contributed by atoms with E-state index < -0.39 is 17.7 Å². The van der Waals surface area contributed by atoms with Crippen LogP contribution in [-0.4, -0.2) is 27.8 Å². The van der Waals surface area contributed by atoms with Crippen molar-refractivity contribution < 1.29 is 19.4 Å². The largest absolute Gasteiger partial charge is 0.477 e. The predicted octanol–water partition coefficient (Wildman–Crippen LogP) is 6.79. The van der Waals surface area contributed by atoms with Gasteiger partial charge < -0.3 is 15.6 Å². The number of benzene rings is 2. The molecule has 4 N–H and O–H groups in total. The number of nitrogens with zero attached hydrogens (tertiary/aromatic N) is 1. The van der Waals surface area contributed by atoms with Crippen LogP contribution >= 0.6 is 11.3 Å². The zero-order valence-corrected chi connectivity index (χ0v) is 20.5. The van der Waals surface area contributed by atoms with Crippen LogP contribution in [0.1, 0.15) is 30.4 Å². The van der Waals surface area contributed by atoms with E-state index in [0.717, 1.165) is 21.7 Å². The highest BCUT2D eigenvalue weighted by Gasteiger charge is 2.17. The van der Waals surface area contributed by atoms with Gasteiger partial charge in [0.15, 0.2) is 0 Å². The number of nitrogens with two attached hydrogens (primary N) is 1. The number of hydrogen-bond donors (Lipinski definition) is 3. The van der Waals surface area contributed by atoms with Gasteiger partial charge >= 0.3 is 12.1 Å². The Morgan fingerprint density at radius 1 is 0.943 bits per heavy atom. The van der Waals surface area contributed by atoms with E-state index in [-0.39, 0.29) is 0 Å². The van der Waals surface area contributed by atoms with Crippen molar-refractivity contribution in [1.82, 2.24) is 4.98 Å². The number of aromatic nitrogens is 1. The van der Waals surface area contributed by atoms with E-state index >= 15 is 0 Å². The second-order valence-corrected chi connectivity index (χ2v) is 9.56. The number of carbonyl (C=O) groups is 2. The van der Waals surface area contributed by atoms with Gasteiger partial charge in [0.1, 0.15) is 10.5 Å². The third-order valence-corrected chi connectivity index (χ3v) is 5.62. The number of carboxylic acids is 1. The summed E-state index contributed by atoms with van der Waals surface area (Å²) in [5, 5.41) is 11.4. The highest BCUT2D eigenvalue weighted by atomic mass is 32.1. The zero-order chi connectivity index (χ0) is 25.4. The molecule has 0 aliphatic carbocycles. The van der Waals surface area contributed by atoms with Crippen molar-refractivity contribution in [2.24, 2.45) is 0 Å². The average molecular weight is 490 g/mol. The molecule has 4 rings (SSSR count). The Labute approximate surface area is 208 Å². The highest BCUT2D eigenvalue weighted by molar-refractivity contribution is 7.17. The average Bonchev–Trinajstić information content (AvgIpc) is 3.32. The third-order valence-electron chi connectivity index (χ3n) is 4.53. The number of aromatic carboxylic acids is 1. The number of anilines is 2. The number of carbonyl (C=O) groups excluding carboxylic acids is 1. The molecule has 0 spiro atoms. The molecule has 0 atom stereocenters. The number of rotatable bonds is 4. The third kappa shape index (κ3) is 7.68. The van der Waals surface area contributed by atoms with Gasteiger partial charge in [-0.15, -0.1) is 11.3 Å². The van der Waals surface area contributed by atoms with E-state index in [1.54, 1.807) is 24.4 Å². The van der Waals surface area contributed by atoms with E-state index in [9.17, 15) is 9.59 Å². The zero-order valence-electron chi connectivity index (χ0n) is 19.7. The van der Waals surface area contributed by atoms with Gasteiger partial charge in [-0.2, -0.15) is 0 Å². The maximum atomic E-state index is 11.7. The first-order valence-corrected chi connectivity index (χ1v) is 11.6. The molecule has 0 saturated carbocycles. The van der Waals surface area contributed by atoms with Crippen LogP contribution in [-0.2, 0) is 4.74 Å². The summed E-state index contributed by atoms with van der Waals surface area (Å²) in [6, 6.07) is 24.4. The van der Waals surface area contributed by atoms with Gasteiger partial charge in [-0.25, -0.2) is 9.59 Å². The van der Waals surface area contributed by atoms with Crippen LogP contribution in [0.5, 0.6) is 0 Å². The summed E-state index contributed by atoms with van der Waals surface area (Å²) in [4.78, 5) is 27.7. The van der Waals surface area contributed by atoms with E-state index in [2.05, 4.69) is 10.3 Å². The second-order valence-electron chi connectivity index (χ2n) is 8.48. The van der Waals surface area contributed by atoms with Crippen molar-refractivity contribution in [3.8, 4) is 21.7 Å². The minimum Gasteiger partial charge on any atom is -0.477 e. The summed E-state index contributed by atoms with van der Waals surface area (Å²) in [7, 11) is 0. The van der Waals surface area contributed by atoms with Gasteiger partial charge in [0, 0.05) is 6.20 Å². The summed E-state index contributed by atoms with van der Waals surface area (Å²) >= 11 is 1.23. The normalized spacial score (nSPS) is 10.6. The first kappa shape index (κ1) is 25.5. The van der Waals surface area contributed by atoms with Crippen LogP contribution in [0.3, 0.4) is 0 Å². The van der Waals surface area contributed by atoms with Crippen molar-refractivity contribution in [3.63, 3.8) is 0 Å². The molecule has 0 bridgehead atoms. The Morgan fingerprint density at radius 3 is 2.23 bits per heavy atom. The maximum Gasteiger partial charge on any atom is 0.412 e. The quantitative estimate of drug-likeness (QED) is 0.272. The lowest BCUT2D eigenvalue weighted by atomic mass is 10.0. The fraction of sp³-hybridized carbons (Fsp3) is 0.148. The highest BCUT2D eigenvalue weighted by Crippen LogP contribution is 2.27. The molecule has 0 aliphatic rings. The number of ether oxygens (including phenoxy) is 1. The number of pyridine rings is 1. The molecule has 2 aromatic heterocycles. The Morgan fingerprint density at radius 2 is 1.66 bits per heavy atom. The summed E-state index contributed by atoms with van der Waals surface area (Å²) in [5.74, 6) is -0.891. The first-order valence-electron chi connectivity index (χ1n) is 10.8. The molecular weight excluding hydrogens is 462 g/mol. The van der Waals surface area contributed by atoms with Gasteiger partial charge in [0.05, 0.1) is 21.9 Å².